The van der Waals surface area contributed by atoms with Crippen molar-refractivity contribution in [3.8, 4) is 6.07 Å². The Morgan fingerprint density at radius 3 is 2.88 bits per heavy atom. The molecule has 1 atom stereocenters. The minimum Gasteiger partial charge on any atom is -0.468 e. The Hall–Kier alpha value is -2.06. The third kappa shape index (κ3) is 2.72. The van der Waals surface area contributed by atoms with Crippen molar-refractivity contribution in [1.82, 2.24) is 0 Å². The van der Waals surface area contributed by atoms with E-state index in [0.717, 1.165) is 0 Å². The lowest BCUT2D eigenvalue weighted by atomic mass is 10.0. The first-order chi connectivity index (χ1) is 7.58. The van der Waals surface area contributed by atoms with E-state index in [1.54, 1.807) is 18.2 Å². The molecule has 16 heavy (non-hydrogen) atoms. The zero-order chi connectivity index (χ0) is 12.1. The minimum absolute atomic E-state index is 0.258. The summed E-state index contributed by atoms with van der Waals surface area (Å²) in [7, 11) is 1.28. The van der Waals surface area contributed by atoms with Crippen LogP contribution in [0.4, 0.5) is 5.69 Å². The highest BCUT2D eigenvalue weighted by atomic mass is 16.5. The molecule has 0 aliphatic carbocycles. The number of carbonyl (C=O) groups is 1. The largest absolute Gasteiger partial charge is 0.468 e. The van der Waals surface area contributed by atoms with Gasteiger partial charge in [-0.25, -0.2) is 0 Å². The lowest BCUT2D eigenvalue weighted by molar-refractivity contribution is -0.142. The number of hydrogen-bond donors (Lipinski definition) is 2. The van der Waals surface area contributed by atoms with Crippen LogP contribution < -0.4 is 11.5 Å². The Kier molecular flexibility index (Phi) is 3.86. The van der Waals surface area contributed by atoms with Crippen molar-refractivity contribution in [3.63, 3.8) is 0 Å². The molecule has 0 aliphatic heterocycles. The number of ether oxygens (including phenoxy) is 1. The van der Waals surface area contributed by atoms with Gasteiger partial charge in [-0.1, -0.05) is 0 Å². The average Bonchev–Trinajstić information content (AvgIpc) is 2.30. The molecule has 0 unspecified atom stereocenters. The van der Waals surface area contributed by atoms with E-state index in [0.29, 0.717) is 16.8 Å². The highest BCUT2D eigenvalue weighted by Gasteiger charge is 2.15. The zero-order valence-corrected chi connectivity index (χ0v) is 8.93. The Morgan fingerprint density at radius 2 is 2.31 bits per heavy atom. The molecule has 0 amide bonds. The van der Waals surface area contributed by atoms with Gasteiger partial charge < -0.3 is 16.2 Å². The van der Waals surface area contributed by atoms with E-state index in [9.17, 15) is 4.79 Å². The van der Waals surface area contributed by atoms with Gasteiger partial charge in [-0.15, -0.1) is 0 Å². The van der Waals surface area contributed by atoms with Gasteiger partial charge in [0.15, 0.2) is 0 Å². The van der Waals surface area contributed by atoms with Gasteiger partial charge >= 0.3 is 5.97 Å². The van der Waals surface area contributed by atoms with Gasteiger partial charge in [-0.05, 0) is 23.8 Å². The normalized spacial score (nSPS) is 11.6. The van der Waals surface area contributed by atoms with E-state index in [1.807, 2.05) is 6.07 Å². The van der Waals surface area contributed by atoms with Crippen molar-refractivity contribution >= 4 is 11.7 Å². The first kappa shape index (κ1) is 12.0. The Labute approximate surface area is 93.6 Å². The number of esters is 1. The number of nitriles is 1. The molecule has 5 heteroatoms. The quantitative estimate of drug-likeness (QED) is 0.557. The lowest BCUT2D eigenvalue weighted by Crippen LogP contribution is -2.33. The second-order valence-electron chi connectivity index (χ2n) is 3.36. The molecule has 0 spiro atoms. The van der Waals surface area contributed by atoms with Crippen LogP contribution >= 0.6 is 0 Å². The molecule has 0 bridgehead atoms. The molecule has 0 aliphatic rings. The number of nitrogen functional groups attached to an aromatic ring is 1. The van der Waals surface area contributed by atoms with Gasteiger partial charge in [0.25, 0.3) is 0 Å². The van der Waals surface area contributed by atoms with Crippen LogP contribution in [0.2, 0.25) is 0 Å². The van der Waals surface area contributed by atoms with Gasteiger partial charge in [0.2, 0.25) is 0 Å². The van der Waals surface area contributed by atoms with Gasteiger partial charge in [0, 0.05) is 12.1 Å². The molecule has 1 rings (SSSR count). The third-order valence-electron chi connectivity index (χ3n) is 2.22. The van der Waals surface area contributed by atoms with Crippen molar-refractivity contribution in [2.24, 2.45) is 5.73 Å². The molecule has 4 N–H and O–H groups in total. The third-order valence-corrected chi connectivity index (χ3v) is 2.22. The summed E-state index contributed by atoms with van der Waals surface area (Å²) in [5.41, 5.74) is 13.0. The monoisotopic (exact) mass is 219 g/mol. The van der Waals surface area contributed by atoms with Gasteiger partial charge in [0.05, 0.1) is 18.7 Å². The summed E-state index contributed by atoms with van der Waals surface area (Å²) in [6.45, 7) is 0. The summed E-state index contributed by atoms with van der Waals surface area (Å²) < 4.78 is 4.51. The topological polar surface area (TPSA) is 102 Å². The molecule has 84 valence electrons. The van der Waals surface area contributed by atoms with Crippen LogP contribution in [0.5, 0.6) is 0 Å². The van der Waals surface area contributed by atoms with Crippen LogP contribution in [0.15, 0.2) is 18.2 Å². The summed E-state index contributed by atoms with van der Waals surface area (Å²) in [5, 5.41) is 8.73. The van der Waals surface area contributed by atoms with Crippen molar-refractivity contribution in [2.45, 2.75) is 12.5 Å². The van der Waals surface area contributed by atoms with Crippen molar-refractivity contribution in [3.05, 3.63) is 29.3 Å². The smallest absolute Gasteiger partial charge is 0.322 e. The number of nitrogens with zero attached hydrogens (tertiary/aromatic N) is 1. The van der Waals surface area contributed by atoms with Crippen LogP contribution in [-0.4, -0.2) is 19.1 Å². The summed E-state index contributed by atoms with van der Waals surface area (Å²) >= 11 is 0. The Balaban J connectivity index is 2.88. The second-order valence-corrected chi connectivity index (χ2v) is 3.36. The first-order valence-electron chi connectivity index (χ1n) is 4.70. The average molecular weight is 219 g/mol. The summed E-state index contributed by atoms with van der Waals surface area (Å²) in [4.78, 5) is 11.1. The molecular formula is C11H13N3O2. The maximum atomic E-state index is 11.1. The Bertz CT molecular complexity index is 437. The van der Waals surface area contributed by atoms with Crippen LogP contribution in [0.1, 0.15) is 11.1 Å². The molecule has 0 heterocycles. The fourth-order valence-electron chi connectivity index (χ4n) is 1.32. The number of methoxy groups -OCH3 is 1. The van der Waals surface area contributed by atoms with E-state index in [1.165, 1.54) is 7.11 Å². The van der Waals surface area contributed by atoms with E-state index >= 15 is 0 Å². The molecule has 5 nitrogen and oxygen atoms in total. The van der Waals surface area contributed by atoms with Crippen molar-refractivity contribution < 1.29 is 9.53 Å². The van der Waals surface area contributed by atoms with Crippen LogP contribution in [0, 0.1) is 11.3 Å². The molecule has 0 saturated heterocycles. The standard InChI is InChI=1S/C11H13N3O2/c1-16-11(15)10(14)5-8-4-7(6-12)2-3-9(8)13/h2-4,10H,5,13-14H2,1H3/t10-/m0/s1. The predicted molar refractivity (Wildman–Crippen MR) is 59.3 cm³/mol. The van der Waals surface area contributed by atoms with E-state index in [4.69, 9.17) is 16.7 Å². The number of rotatable bonds is 3. The molecule has 0 radical (unpaired) electrons. The van der Waals surface area contributed by atoms with Gasteiger partial charge in [-0.3, -0.25) is 4.79 Å². The first-order valence-corrected chi connectivity index (χ1v) is 4.70. The molecule has 1 aromatic carbocycles. The minimum atomic E-state index is -0.763. The molecule has 1 aromatic rings. The number of anilines is 1. The number of benzene rings is 1. The molecule has 0 fully saturated rings. The van der Waals surface area contributed by atoms with Gasteiger partial charge in [-0.2, -0.15) is 5.26 Å². The number of carbonyl (C=O) groups excluding carboxylic acids is 1. The maximum Gasteiger partial charge on any atom is 0.322 e. The SMILES string of the molecule is COC(=O)[C@@H](N)Cc1cc(C#N)ccc1N. The number of nitrogens with two attached hydrogens (primary N) is 2. The molecule has 0 aromatic heterocycles. The fraction of sp³-hybridized carbons (Fsp3) is 0.273. The maximum absolute atomic E-state index is 11.1. The van der Waals surface area contributed by atoms with Crippen molar-refractivity contribution in [1.29, 1.82) is 5.26 Å². The van der Waals surface area contributed by atoms with Crippen LogP contribution in [0.25, 0.3) is 0 Å². The van der Waals surface area contributed by atoms with E-state index in [2.05, 4.69) is 4.74 Å². The van der Waals surface area contributed by atoms with Crippen molar-refractivity contribution in [2.75, 3.05) is 12.8 Å². The van der Waals surface area contributed by atoms with Crippen LogP contribution in [0.3, 0.4) is 0 Å². The zero-order valence-electron chi connectivity index (χ0n) is 8.93. The van der Waals surface area contributed by atoms with Crippen LogP contribution in [-0.2, 0) is 16.0 Å². The number of hydrogen-bond acceptors (Lipinski definition) is 5. The lowest BCUT2D eigenvalue weighted by Gasteiger charge is -2.11. The molecule has 0 saturated carbocycles. The van der Waals surface area contributed by atoms with E-state index < -0.39 is 12.0 Å². The highest BCUT2D eigenvalue weighted by molar-refractivity contribution is 5.76. The second kappa shape index (κ2) is 5.14. The summed E-state index contributed by atoms with van der Waals surface area (Å²) in [6.07, 6.45) is 0.258. The van der Waals surface area contributed by atoms with E-state index in [-0.39, 0.29) is 6.42 Å². The predicted octanol–water partition coefficient (Wildman–Crippen LogP) is 0.183. The molecular weight excluding hydrogens is 206 g/mol. The summed E-state index contributed by atoms with van der Waals surface area (Å²) in [6, 6.07) is 6.10. The van der Waals surface area contributed by atoms with Gasteiger partial charge in [0.1, 0.15) is 6.04 Å². The Morgan fingerprint density at radius 1 is 1.62 bits per heavy atom. The fourth-order valence-corrected chi connectivity index (χ4v) is 1.32. The summed E-state index contributed by atoms with van der Waals surface area (Å²) in [5.74, 6) is -0.498. The highest BCUT2D eigenvalue weighted by Crippen LogP contribution is 2.15.